The maximum atomic E-state index is 13.9. The van der Waals surface area contributed by atoms with Crippen LogP contribution in [0.25, 0.3) is 0 Å². The van der Waals surface area contributed by atoms with Crippen LogP contribution < -0.4 is 0 Å². The molecule has 0 aromatic heterocycles. The van der Waals surface area contributed by atoms with Gasteiger partial charge in [-0.05, 0) is 58.7 Å². The highest BCUT2D eigenvalue weighted by atomic mass is 79.9. The lowest BCUT2D eigenvalue weighted by Crippen LogP contribution is -2.06. The minimum absolute atomic E-state index is 0.0291. The molecule has 0 bridgehead atoms. The Bertz CT molecular complexity index is 671. The van der Waals surface area contributed by atoms with Crippen molar-refractivity contribution in [2.45, 2.75) is 6.92 Å². The van der Waals surface area contributed by atoms with Gasteiger partial charge in [-0.15, -0.1) is 0 Å². The normalized spacial score (nSPS) is 10.6. The molecule has 0 saturated heterocycles. The van der Waals surface area contributed by atoms with Crippen molar-refractivity contribution in [2.75, 3.05) is 0 Å². The molecule has 0 amide bonds. The fourth-order valence-electron chi connectivity index (χ4n) is 1.72. The number of carbonyl (C=O) groups is 1. The Hall–Kier alpha value is -0.710. The van der Waals surface area contributed by atoms with Gasteiger partial charge in [-0.25, -0.2) is 4.39 Å². The molecule has 0 atom stereocenters. The molecule has 0 aliphatic carbocycles. The van der Waals surface area contributed by atoms with Crippen molar-refractivity contribution in [3.05, 3.63) is 66.8 Å². The third-order valence-electron chi connectivity index (χ3n) is 2.69. The van der Waals surface area contributed by atoms with Gasteiger partial charge in [-0.2, -0.15) is 0 Å². The topological polar surface area (TPSA) is 17.1 Å². The zero-order valence-electron chi connectivity index (χ0n) is 9.81. The number of benzene rings is 2. The molecule has 0 aliphatic rings. The molecular formula is C14H8Br2ClFO. The molecule has 0 unspecified atom stereocenters. The largest absolute Gasteiger partial charge is 0.288 e. The van der Waals surface area contributed by atoms with Crippen LogP contribution in [-0.2, 0) is 0 Å². The van der Waals surface area contributed by atoms with E-state index in [9.17, 15) is 9.18 Å². The summed E-state index contributed by atoms with van der Waals surface area (Å²) < 4.78 is 15.2. The smallest absolute Gasteiger partial charge is 0.196 e. The highest BCUT2D eigenvalue weighted by Crippen LogP contribution is 2.28. The first-order valence-corrected chi connectivity index (χ1v) is 7.32. The van der Waals surface area contributed by atoms with Crippen LogP contribution in [0.15, 0.2) is 39.3 Å². The summed E-state index contributed by atoms with van der Waals surface area (Å²) >= 11 is 12.4. The predicted octanol–water partition coefficient (Wildman–Crippen LogP) is 5.54. The van der Waals surface area contributed by atoms with Crippen molar-refractivity contribution in [1.82, 2.24) is 0 Å². The van der Waals surface area contributed by atoms with E-state index >= 15 is 0 Å². The predicted molar refractivity (Wildman–Crippen MR) is 81.4 cm³/mol. The molecule has 19 heavy (non-hydrogen) atoms. The number of rotatable bonds is 2. The second-order valence-electron chi connectivity index (χ2n) is 4.03. The van der Waals surface area contributed by atoms with E-state index in [0.29, 0.717) is 15.1 Å². The summed E-state index contributed by atoms with van der Waals surface area (Å²) in [6, 6.07) is 7.76. The van der Waals surface area contributed by atoms with E-state index in [4.69, 9.17) is 11.6 Å². The average molecular weight is 406 g/mol. The first-order chi connectivity index (χ1) is 8.90. The van der Waals surface area contributed by atoms with Gasteiger partial charge < -0.3 is 0 Å². The quantitative estimate of drug-likeness (QED) is 0.473. The van der Waals surface area contributed by atoms with Gasteiger partial charge in [0.25, 0.3) is 0 Å². The fraction of sp³-hybridized carbons (Fsp3) is 0.0714. The van der Waals surface area contributed by atoms with Gasteiger partial charge in [0.05, 0.1) is 10.6 Å². The van der Waals surface area contributed by atoms with Crippen LogP contribution in [0.5, 0.6) is 0 Å². The van der Waals surface area contributed by atoms with Gasteiger partial charge in [0.1, 0.15) is 5.82 Å². The minimum atomic E-state index is -0.594. The molecule has 2 aromatic rings. The van der Waals surface area contributed by atoms with Gasteiger partial charge in [0, 0.05) is 14.5 Å². The van der Waals surface area contributed by atoms with E-state index in [0.717, 1.165) is 10.0 Å². The molecule has 0 fully saturated rings. The standard InChI is InChI=1S/C14H8Br2ClFO/c1-7-4-8(15)2-3-9(7)14(19)10-5-12(17)11(16)6-13(10)18/h2-6H,1H3. The first-order valence-electron chi connectivity index (χ1n) is 5.35. The maximum Gasteiger partial charge on any atom is 0.196 e. The van der Waals surface area contributed by atoms with Gasteiger partial charge >= 0.3 is 0 Å². The lowest BCUT2D eigenvalue weighted by atomic mass is 9.99. The zero-order chi connectivity index (χ0) is 14.2. The fourth-order valence-corrected chi connectivity index (χ4v) is 2.68. The SMILES string of the molecule is Cc1cc(Br)ccc1C(=O)c1cc(Cl)c(Br)cc1F. The van der Waals surface area contributed by atoms with Crippen LogP contribution in [-0.4, -0.2) is 5.78 Å². The van der Waals surface area contributed by atoms with Crippen molar-refractivity contribution in [2.24, 2.45) is 0 Å². The summed E-state index contributed by atoms with van der Waals surface area (Å²) in [5.41, 5.74) is 1.21. The van der Waals surface area contributed by atoms with E-state index in [1.54, 1.807) is 19.1 Å². The molecular weight excluding hydrogens is 398 g/mol. The van der Waals surface area contributed by atoms with Crippen LogP contribution in [0.1, 0.15) is 21.5 Å². The molecule has 0 heterocycles. The first kappa shape index (κ1) is 14.7. The lowest BCUT2D eigenvalue weighted by molar-refractivity contribution is 0.103. The van der Waals surface area contributed by atoms with Crippen molar-refractivity contribution in [1.29, 1.82) is 0 Å². The summed E-state index contributed by atoms with van der Waals surface area (Å²) in [6.45, 7) is 1.80. The Labute approximate surface area is 132 Å². The third-order valence-corrected chi connectivity index (χ3v) is 4.38. The number of hydrogen-bond donors (Lipinski definition) is 0. The zero-order valence-corrected chi connectivity index (χ0v) is 13.7. The number of hydrogen-bond acceptors (Lipinski definition) is 1. The summed E-state index contributed by atoms with van der Waals surface area (Å²) in [7, 11) is 0. The van der Waals surface area contributed by atoms with Crippen LogP contribution >= 0.6 is 43.5 Å². The average Bonchev–Trinajstić information content (AvgIpc) is 2.33. The molecule has 1 nitrogen and oxygen atoms in total. The Morgan fingerprint density at radius 2 is 1.84 bits per heavy atom. The molecule has 98 valence electrons. The summed E-state index contributed by atoms with van der Waals surface area (Å²) in [6.07, 6.45) is 0. The van der Waals surface area contributed by atoms with Crippen LogP contribution in [0.2, 0.25) is 5.02 Å². The lowest BCUT2D eigenvalue weighted by Gasteiger charge is -2.08. The van der Waals surface area contributed by atoms with E-state index < -0.39 is 5.82 Å². The van der Waals surface area contributed by atoms with E-state index in [1.165, 1.54) is 12.1 Å². The highest BCUT2D eigenvalue weighted by molar-refractivity contribution is 9.10. The number of carbonyl (C=O) groups excluding carboxylic acids is 1. The summed E-state index contributed by atoms with van der Waals surface area (Å²) in [5.74, 6) is -0.972. The second kappa shape index (κ2) is 5.73. The molecule has 2 rings (SSSR count). The maximum absolute atomic E-state index is 13.9. The Balaban J connectivity index is 2.53. The molecule has 0 saturated carbocycles. The monoisotopic (exact) mass is 404 g/mol. The minimum Gasteiger partial charge on any atom is -0.288 e. The van der Waals surface area contributed by atoms with Crippen LogP contribution in [0.4, 0.5) is 4.39 Å². The van der Waals surface area contributed by atoms with Gasteiger partial charge in [-0.1, -0.05) is 27.5 Å². The van der Waals surface area contributed by atoms with Crippen LogP contribution in [0.3, 0.4) is 0 Å². The Morgan fingerprint density at radius 3 is 2.47 bits per heavy atom. The second-order valence-corrected chi connectivity index (χ2v) is 6.21. The van der Waals surface area contributed by atoms with Crippen molar-refractivity contribution >= 4 is 49.2 Å². The molecule has 5 heteroatoms. The van der Waals surface area contributed by atoms with E-state index in [-0.39, 0.29) is 11.3 Å². The van der Waals surface area contributed by atoms with Crippen molar-refractivity contribution in [3.63, 3.8) is 0 Å². The molecule has 0 spiro atoms. The number of halogens is 4. The van der Waals surface area contributed by atoms with E-state index in [2.05, 4.69) is 31.9 Å². The highest BCUT2D eigenvalue weighted by Gasteiger charge is 2.18. The van der Waals surface area contributed by atoms with Gasteiger partial charge in [0.2, 0.25) is 0 Å². The van der Waals surface area contributed by atoms with E-state index in [1.807, 2.05) is 6.07 Å². The summed E-state index contributed by atoms with van der Waals surface area (Å²) in [4.78, 5) is 12.3. The van der Waals surface area contributed by atoms with Gasteiger partial charge in [0.15, 0.2) is 5.78 Å². The number of aryl methyl sites for hydroxylation is 1. The number of ketones is 1. The van der Waals surface area contributed by atoms with Crippen LogP contribution in [0, 0.1) is 12.7 Å². The van der Waals surface area contributed by atoms with Crippen molar-refractivity contribution in [3.8, 4) is 0 Å². The Morgan fingerprint density at radius 1 is 1.16 bits per heavy atom. The van der Waals surface area contributed by atoms with Gasteiger partial charge in [-0.3, -0.25) is 4.79 Å². The van der Waals surface area contributed by atoms with Crippen molar-refractivity contribution < 1.29 is 9.18 Å². The molecule has 0 radical (unpaired) electrons. The Kier molecular flexibility index (Phi) is 4.43. The molecule has 0 aliphatic heterocycles. The summed E-state index contributed by atoms with van der Waals surface area (Å²) in [5, 5.41) is 0.305. The third kappa shape index (κ3) is 3.07. The molecule has 0 N–H and O–H groups in total. The molecule has 2 aromatic carbocycles.